The van der Waals surface area contributed by atoms with Crippen molar-refractivity contribution in [3.8, 4) is 11.3 Å². The predicted octanol–water partition coefficient (Wildman–Crippen LogP) is 4.83. The first-order valence-corrected chi connectivity index (χ1v) is 9.62. The van der Waals surface area contributed by atoms with Crippen LogP contribution in [0, 0.1) is 5.82 Å². The van der Waals surface area contributed by atoms with Crippen molar-refractivity contribution >= 4 is 33.8 Å². The molecule has 0 aliphatic carbocycles. The van der Waals surface area contributed by atoms with E-state index >= 15 is 0 Å². The number of imidazole rings is 1. The molecule has 2 heterocycles. The molecule has 0 atom stereocenters. The van der Waals surface area contributed by atoms with Crippen LogP contribution in [0.1, 0.15) is 16.1 Å². The summed E-state index contributed by atoms with van der Waals surface area (Å²) >= 11 is 7.33. The second-order valence-corrected chi connectivity index (χ2v) is 7.31. The van der Waals surface area contributed by atoms with Gasteiger partial charge in [0.1, 0.15) is 5.82 Å². The van der Waals surface area contributed by atoms with Gasteiger partial charge in [0, 0.05) is 28.7 Å². The zero-order valence-electron chi connectivity index (χ0n) is 14.2. The number of halogens is 2. The van der Waals surface area contributed by atoms with E-state index in [9.17, 15) is 9.18 Å². The molecule has 0 aliphatic heterocycles. The molecule has 7 heteroatoms. The molecule has 4 aromatic rings. The van der Waals surface area contributed by atoms with Gasteiger partial charge in [-0.05, 0) is 48.4 Å². The summed E-state index contributed by atoms with van der Waals surface area (Å²) < 4.78 is 15.1. The average molecular weight is 400 g/mol. The van der Waals surface area contributed by atoms with Crippen LogP contribution in [-0.4, -0.2) is 21.8 Å². The Morgan fingerprint density at radius 1 is 1.15 bits per heavy atom. The summed E-state index contributed by atoms with van der Waals surface area (Å²) in [5.41, 5.74) is 2.83. The number of nitrogens with one attached hydrogen (secondary N) is 1. The van der Waals surface area contributed by atoms with Crippen LogP contribution in [0.3, 0.4) is 0 Å². The fraction of sp³-hybridized carbons (Fsp3) is 0.100. The molecule has 0 spiro atoms. The van der Waals surface area contributed by atoms with Gasteiger partial charge in [0.05, 0.1) is 5.69 Å². The average Bonchev–Trinajstić information content (AvgIpc) is 3.25. The third-order valence-corrected chi connectivity index (χ3v) is 5.22. The molecule has 0 unspecified atom stereocenters. The number of nitrogens with zero attached hydrogens (tertiary/aromatic N) is 2. The maximum Gasteiger partial charge on any atom is 0.272 e. The summed E-state index contributed by atoms with van der Waals surface area (Å²) in [6.07, 6.45) is 2.55. The van der Waals surface area contributed by atoms with Crippen LogP contribution in [0.2, 0.25) is 5.02 Å². The summed E-state index contributed by atoms with van der Waals surface area (Å²) in [6.45, 7) is 0.481. The van der Waals surface area contributed by atoms with Gasteiger partial charge in [0.15, 0.2) is 10.7 Å². The van der Waals surface area contributed by atoms with Crippen molar-refractivity contribution in [3.63, 3.8) is 0 Å². The number of carbonyl (C=O) groups excluding carboxylic acids is 1. The van der Waals surface area contributed by atoms with Gasteiger partial charge in [-0.15, -0.1) is 11.3 Å². The Labute approximate surface area is 164 Å². The Hall–Kier alpha value is -2.70. The Bertz CT molecular complexity index is 1090. The molecule has 4 nitrogen and oxygen atoms in total. The molecule has 2 aromatic carbocycles. The summed E-state index contributed by atoms with van der Waals surface area (Å²) in [5.74, 6) is -0.571. The van der Waals surface area contributed by atoms with E-state index in [4.69, 9.17) is 11.6 Å². The molecule has 1 amide bonds. The summed E-state index contributed by atoms with van der Waals surface area (Å²) in [5, 5.41) is 5.50. The molecule has 0 saturated heterocycles. The first kappa shape index (κ1) is 17.7. The highest BCUT2D eigenvalue weighted by Gasteiger charge is 2.20. The third-order valence-electron chi connectivity index (χ3n) is 4.21. The van der Waals surface area contributed by atoms with E-state index in [1.165, 1.54) is 23.5 Å². The van der Waals surface area contributed by atoms with Crippen LogP contribution in [-0.2, 0) is 6.42 Å². The summed E-state index contributed by atoms with van der Waals surface area (Å²) in [7, 11) is 0. The van der Waals surface area contributed by atoms with Crippen molar-refractivity contribution in [2.45, 2.75) is 6.42 Å². The smallest absolute Gasteiger partial charge is 0.272 e. The maximum atomic E-state index is 13.3. The number of thiazole rings is 1. The quantitative estimate of drug-likeness (QED) is 0.522. The number of hydrogen-bond acceptors (Lipinski definition) is 3. The van der Waals surface area contributed by atoms with Gasteiger partial charge < -0.3 is 5.32 Å². The van der Waals surface area contributed by atoms with Crippen LogP contribution in [0.4, 0.5) is 4.39 Å². The first-order valence-electron chi connectivity index (χ1n) is 8.36. The Morgan fingerprint density at radius 3 is 2.63 bits per heavy atom. The third kappa shape index (κ3) is 3.72. The number of carbonyl (C=O) groups is 1. The lowest BCUT2D eigenvalue weighted by atomic mass is 10.1. The molecule has 136 valence electrons. The van der Waals surface area contributed by atoms with Crippen molar-refractivity contribution in [3.05, 3.63) is 82.2 Å². The van der Waals surface area contributed by atoms with Crippen molar-refractivity contribution < 1.29 is 9.18 Å². The Balaban J connectivity index is 1.56. The molecule has 4 rings (SSSR count). The van der Waals surface area contributed by atoms with E-state index in [0.29, 0.717) is 29.4 Å². The highest BCUT2D eigenvalue weighted by atomic mass is 35.5. The Morgan fingerprint density at radius 2 is 1.89 bits per heavy atom. The van der Waals surface area contributed by atoms with Crippen molar-refractivity contribution in [1.82, 2.24) is 14.7 Å². The van der Waals surface area contributed by atoms with Gasteiger partial charge >= 0.3 is 0 Å². The molecule has 0 aliphatic rings. The second-order valence-electron chi connectivity index (χ2n) is 6.00. The van der Waals surface area contributed by atoms with Gasteiger partial charge in [0.25, 0.3) is 5.91 Å². The number of rotatable bonds is 5. The predicted molar refractivity (Wildman–Crippen MR) is 106 cm³/mol. The zero-order valence-corrected chi connectivity index (χ0v) is 15.7. The van der Waals surface area contributed by atoms with Crippen LogP contribution in [0.15, 0.2) is 60.1 Å². The van der Waals surface area contributed by atoms with Gasteiger partial charge in [-0.1, -0.05) is 23.7 Å². The molecular weight excluding hydrogens is 385 g/mol. The topological polar surface area (TPSA) is 46.4 Å². The van der Waals surface area contributed by atoms with E-state index in [2.05, 4.69) is 10.3 Å². The minimum absolute atomic E-state index is 0.251. The maximum absolute atomic E-state index is 13.3. The van der Waals surface area contributed by atoms with Crippen LogP contribution < -0.4 is 5.32 Å². The fourth-order valence-electron chi connectivity index (χ4n) is 2.88. The van der Waals surface area contributed by atoms with Crippen molar-refractivity contribution in [2.24, 2.45) is 0 Å². The van der Waals surface area contributed by atoms with Crippen LogP contribution in [0.25, 0.3) is 16.2 Å². The van der Waals surface area contributed by atoms with Gasteiger partial charge in [-0.2, -0.15) is 0 Å². The SMILES string of the molecule is O=C(NCCc1ccc(Cl)cc1)c1nc2sccn2c1-c1ccc(F)cc1. The lowest BCUT2D eigenvalue weighted by Crippen LogP contribution is -2.26. The van der Waals surface area contributed by atoms with Crippen LogP contribution in [0.5, 0.6) is 0 Å². The van der Waals surface area contributed by atoms with Gasteiger partial charge in [0.2, 0.25) is 0 Å². The zero-order chi connectivity index (χ0) is 18.8. The molecule has 0 radical (unpaired) electrons. The number of hydrogen-bond donors (Lipinski definition) is 1. The lowest BCUT2D eigenvalue weighted by Gasteiger charge is -2.07. The van der Waals surface area contributed by atoms with E-state index in [0.717, 1.165) is 16.1 Å². The Kier molecular flexibility index (Phi) is 4.92. The van der Waals surface area contributed by atoms with E-state index < -0.39 is 0 Å². The van der Waals surface area contributed by atoms with E-state index in [1.807, 2.05) is 40.2 Å². The number of aromatic nitrogens is 2. The molecule has 2 aromatic heterocycles. The van der Waals surface area contributed by atoms with Crippen molar-refractivity contribution in [2.75, 3.05) is 6.54 Å². The monoisotopic (exact) mass is 399 g/mol. The van der Waals surface area contributed by atoms with Gasteiger partial charge in [-0.25, -0.2) is 9.37 Å². The van der Waals surface area contributed by atoms with Crippen LogP contribution >= 0.6 is 22.9 Å². The molecule has 0 saturated carbocycles. The van der Waals surface area contributed by atoms with E-state index in [1.54, 1.807) is 12.1 Å². The van der Waals surface area contributed by atoms with Gasteiger partial charge in [-0.3, -0.25) is 9.20 Å². The van der Waals surface area contributed by atoms with Crippen molar-refractivity contribution in [1.29, 1.82) is 0 Å². The normalized spacial score (nSPS) is 11.0. The molecule has 0 fully saturated rings. The number of benzene rings is 2. The number of fused-ring (bicyclic) bond motifs is 1. The second kappa shape index (κ2) is 7.50. The molecule has 27 heavy (non-hydrogen) atoms. The minimum atomic E-state index is -0.321. The fourth-order valence-corrected chi connectivity index (χ4v) is 3.72. The lowest BCUT2D eigenvalue weighted by molar-refractivity contribution is 0.0950. The first-order chi connectivity index (χ1) is 13.1. The largest absolute Gasteiger partial charge is 0.350 e. The molecule has 1 N–H and O–H groups in total. The minimum Gasteiger partial charge on any atom is -0.350 e. The molecular formula is C20H15ClFN3OS. The highest BCUT2D eigenvalue weighted by Crippen LogP contribution is 2.27. The summed E-state index contributed by atoms with van der Waals surface area (Å²) in [4.78, 5) is 17.9. The standard InChI is InChI=1S/C20H15ClFN3OS/c21-15-5-1-13(2-6-15)9-10-23-19(26)17-18(14-3-7-16(22)8-4-14)25-11-12-27-20(25)24-17/h1-8,11-12H,9-10H2,(H,23,26). The molecule has 0 bridgehead atoms. The van der Waals surface area contributed by atoms with E-state index in [-0.39, 0.29) is 11.7 Å². The number of amides is 1. The summed E-state index contributed by atoms with van der Waals surface area (Å²) in [6, 6.07) is 13.6. The highest BCUT2D eigenvalue weighted by molar-refractivity contribution is 7.15.